The number of carboxylic acids is 1. The molecule has 0 radical (unpaired) electrons. The van der Waals surface area contributed by atoms with Crippen LogP contribution in [0, 0.1) is 16.0 Å². The van der Waals surface area contributed by atoms with Crippen molar-refractivity contribution in [2.75, 3.05) is 11.5 Å². The number of nitrogens with one attached hydrogen (secondary N) is 1. The number of ether oxygens (including phenoxy) is 1. The molecule has 1 aliphatic carbocycles. The third-order valence-corrected chi connectivity index (χ3v) is 6.61. The first kappa shape index (κ1) is 23.7. The Morgan fingerprint density at radius 2 is 1.85 bits per heavy atom. The SMILES string of the molecule is O=C(O)[C@H](CC1CCCCC1)N[C@H]1COc2ccccc2N(Cc2ccc([N+](=O)[O-])cc2)C1=O. The zero-order chi connectivity index (χ0) is 24.1. The summed E-state index contributed by atoms with van der Waals surface area (Å²) in [5.74, 6) is -0.404. The number of aliphatic carboxylic acids is 1. The van der Waals surface area contributed by atoms with Gasteiger partial charge in [0.05, 0.1) is 17.2 Å². The summed E-state index contributed by atoms with van der Waals surface area (Å²) in [5, 5.41) is 23.9. The van der Waals surface area contributed by atoms with Crippen LogP contribution < -0.4 is 15.0 Å². The highest BCUT2D eigenvalue weighted by atomic mass is 16.6. The molecule has 2 atom stereocenters. The predicted octanol–water partition coefficient (Wildman–Crippen LogP) is 3.90. The molecule has 0 aromatic heterocycles. The van der Waals surface area contributed by atoms with Crippen molar-refractivity contribution >= 4 is 23.3 Å². The van der Waals surface area contributed by atoms with E-state index < -0.39 is 23.0 Å². The second kappa shape index (κ2) is 10.6. The summed E-state index contributed by atoms with van der Waals surface area (Å²) in [5.41, 5.74) is 1.27. The molecule has 180 valence electrons. The van der Waals surface area contributed by atoms with Gasteiger partial charge in [-0.25, -0.2) is 0 Å². The molecule has 1 saturated carbocycles. The second-order valence-corrected chi connectivity index (χ2v) is 8.98. The predicted molar refractivity (Wildman–Crippen MR) is 126 cm³/mol. The average Bonchev–Trinajstić information content (AvgIpc) is 2.97. The van der Waals surface area contributed by atoms with Crippen molar-refractivity contribution < 1.29 is 24.4 Å². The van der Waals surface area contributed by atoms with E-state index in [1.54, 1.807) is 35.2 Å². The van der Waals surface area contributed by atoms with Crippen LogP contribution in [0.4, 0.5) is 11.4 Å². The molecule has 1 aliphatic heterocycles. The molecule has 1 amide bonds. The molecule has 4 rings (SSSR count). The number of nitro groups is 1. The fourth-order valence-corrected chi connectivity index (χ4v) is 4.78. The molecule has 2 aromatic rings. The van der Waals surface area contributed by atoms with E-state index in [2.05, 4.69) is 5.32 Å². The van der Waals surface area contributed by atoms with Crippen LogP contribution in [-0.4, -0.2) is 40.6 Å². The van der Waals surface area contributed by atoms with Gasteiger partial charge in [0.2, 0.25) is 5.91 Å². The number of carboxylic acid groups (broad SMARTS) is 1. The normalized spacial score (nSPS) is 19.6. The number of benzene rings is 2. The summed E-state index contributed by atoms with van der Waals surface area (Å²) in [6.07, 6.45) is 5.92. The molecule has 9 heteroatoms. The fourth-order valence-electron chi connectivity index (χ4n) is 4.78. The number of nitrogens with zero attached hydrogens (tertiary/aromatic N) is 2. The van der Waals surface area contributed by atoms with E-state index in [1.165, 1.54) is 18.6 Å². The number of fused-ring (bicyclic) bond motifs is 1. The number of carbonyl (C=O) groups is 2. The lowest BCUT2D eigenvalue weighted by Gasteiger charge is -2.29. The summed E-state index contributed by atoms with van der Waals surface area (Å²) >= 11 is 0. The quantitative estimate of drug-likeness (QED) is 0.446. The van der Waals surface area contributed by atoms with E-state index in [0.717, 1.165) is 25.7 Å². The zero-order valence-corrected chi connectivity index (χ0v) is 18.9. The maximum atomic E-state index is 13.6. The third-order valence-electron chi connectivity index (χ3n) is 6.61. The lowest BCUT2D eigenvalue weighted by Crippen LogP contribution is -2.54. The molecular weight excluding hydrogens is 438 g/mol. The van der Waals surface area contributed by atoms with Gasteiger partial charge >= 0.3 is 5.97 Å². The van der Waals surface area contributed by atoms with Gasteiger partial charge in [0.15, 0.2) is 0 Å². The van der Waals surface area contributed by atoms with Gasteiger partial charge in [-0.2, -0.15) is 0 Å². The monoisotopic (exact) mass is 467 g/mol. The molecule has 1 heterocycles. The van der Waals surface area contributed by atoms with Crippen LogP contribution >= 0.6 is 0 Å². The lowest BCUT2D eigenvalue weighted by atomic mass is 9.84. The molecular formula is C25H29N3O6. The van der Waals surface area contributed by atoms with E-state index in [4.69, 9.17) is 4.74 Å². The van der Waals surface area contributed by atoms with Gasteiger partial charge in [0.25, 0.3) is 5.69 Å². The van der Waals surface area contributed by atoms with Gasteiger partial charge in [0, 0.05) is 12.1 Å². The molecule has 0 saturated heterocycles. The van der Waals surface area contributed by atoms with Crippen molar-refractivity contribution in [1.29, 1.82) is 0 Å². The standard InChI is InChI=1S/C25H29N3O6/c29-24-21(26-20(25(30)31)14-17-6-2-1-3-7-17)16-34-23-9-5-4-8-22(23)27(24)15-18-10-12-19(13-11-18)28(32)33/h4-5,8-13,17,20-21,26H,1-3,6-7,14-16H2,(H,30,31)/t20-,21-/m0/s1. The van der Waals surface area contributed by atoms with Gasteiger partial charge in [-0.05, 0) is 30.0 Å². The minimum atomic E-state index is -0.970. The number of amides is 1. The van der Waals surface area contributed by atoms with Crippen molar-refractivity contribution in [3.63, 3.8) is 0 Å². The number of anilines is 1. The van der Waals surface area contributed by atoms with E-state index in [-0.39, 0.29) is 24.7 Å². The van der Waals surface area contributed by atoms with Crippen LogP contribution in [0.3, 0.4) is 0 Å². The summed E-state index contributed by atoms with van der Waals surface area (Å²) < 4.78 is 5.91. The summed E-state index contributed by atoms with van der Waals surface area (Å²) in [6.45, 7) is 0.191. The molecule has 0 bridgehead atoms. The molecule has 0 unspecified atom stereocenters. The van der Waals surface area contributed by atoms with E-state index in [1.807, 2.05) is 6.07 Å². The van der Waals surface area contributed by atoms with Gasteiger partial charge in [-0.15, -0.1) is 0 Å². The highest BCUT2D eigenvalue weighted by Gasteiger charge is 2.35. The maximum Gasteiger partial charge on any atom is 0.320 e. The molecule has 2 aromatic carbocycles. The minimum absolute atomic E-state index is 0.0149. The number of hydrogen-bond donors (Lipinski definition) is 2. The summed E-state index contributed by atoms with van der Waals surface area (Å²) in [6, 6.07) is 11.5. The highest BCUT2D eigenvalue weighted by molar-refractivity contribution is 5.99. The van der Waals surface area contributed by atoms with Gasteiger partial charge in [0.1, 0.15) is 24.4 Å². The van der Waals surface area contributed by atoms with Crippen LogP contribution in [0.25, 0.3) is 0 Å². The van der Waals surface area contributed by atoms with E-state index >= 15 is 0 Å². The van der Waals surface area contributed by atoms with Crippen LogP contribution in [0.15, 0.2) is 48.5 Å². The molecule has 2 N–H and O–H groups in total. The Bertz CT molecular complexity index is 1040. The first-order valence-electron chi connectivity index (χ1n) is 11.7. The molecule has 0 spiro atoms. The van der Waals surface area contributed by atoms with Gasteiger partial charge in [-0.1, -0.05) is 56.4 Å². The number of rotatable bonds is 8. The second-order valence-electron chi connectivity index (χ2n) is 8.98. The number of nitro benzene ring substituents is 1. The average molecular weight is 468 g/mol. The van der Waals surface area contributed by atoms with Crippen molar-refractivity contribution in [1.82, 2.24) is 5.32 Å². The van der Waals surface area contributed by atoms with Gasteiger partial charge in [-0.3, -0.25) is 25.0 Å². The van der Waals surface area contributed by atoms with Crippen LogP contribution in [0.2, 0.25) is 0 Å². The van der Waals surface area contributed by atoms with Crippen molar-refractivity contribution in [3.05, 3.63) is 64.2 Å². The number of non-ortho nitro benzene ring substituents is 1. The summed E-state index contributed by atoms with van der Waals surface area (Å²) in [7, 11) is 0. The van der Waals surface area contributed by atoms with Crippen LogP contribution in [-0.2, 0) is 16.1 Å². The molecule has 9 nitrogen and oxygen atoms in total. The molecule has 1 fully saturated rings. The Morgan fingerprint density at radius 3 is 2.53 bits per heavy atom. The fraction of sp³-hybridized carbons (Fsp3) is 0.440. The largest absolute Gasteiger partial charge is 0.489 e. The Hall–Kier alpha value is -3.46. The van der Waals surface area contributed by atoms with E-state index in [9.17, 15) is 24.8 Å². The maximum absolute atomic E-state index is 13.6. The van der Waals surface area contributed by atoms with Crippen molar-refractivity contribution in [2.24, 2.45) is 5.92 Å². The van der Waals surface area contributed by atoms with Gasteiger partial charge < -0.3 is 14.7 Å². The molecule has 34 heavy (non-hydrogen) atoms. The van der Waals surface area contributed by atoms with Crippen molar-refractivity contribution in [3.8, 4) is 5.75 Å². The Labute approximate surface area is 197 Å². The van der Waals surface area contributed by atoms with Crippen LogP contribution in [0.5, 0.6) is 5.75 Å². The Balaban J connectivity index is 1.55. The Morgan fingerprint density at radius 1 is 1.15 bits per heavy atom. The van der Waals surface area contributed by atoms with Crippen molar-refractivity contribution in [2.45, 2.75) is 57.2 Å². The first-order valence-corrected chi connectivity index (χ1v) is 11.7. The molecule has 2 aliphatic rings. The van der Waals surface area contributed by atoms with Crippen LogP contribution in [0.1, 0.15) is 44.1 Å². The smallest absolute Gasteiger partial charge is 0.320 e. The summed E-state index contributed by atoms with van der Waals surface area (Å²) in [4.78, 5) is 37.7. The lowest BCUT2D eigenvalue weighted by molar-refractivity contribution is -0.384. The number of hydrogen-bond acceptors (Lipinski definition) is 6. The number of carbonyl (C=O) groups excluding carboxylic acids is 1. The third kappa shape index (κ3) is 5.53. The highest BCUT2D eigenvalue weighted by Crippen LogP contribution is 2.33. The zero-order valence-electron chi connectivity index (χ0n) is 18.9. The minimum Gasteiger partial charge on any atom is -0.489 e. The first-order chi connectivity index (χ1) is 16.4. The Kier molecular flexibility index (Phi) is 7.42. The topological polar surface area (TPSA) is 122 Å². The number of para-hydroxylation sites is 2. The van der Waals surface area contributed by atoms with E-state index in [0.29, 0.717) is 29.3 Å².